The molecule has 1 N–H and O–H groups in total. The molecule has 1 aromatic carbocycles. The summed E-state index contributed by atoms with van der Waals surface area (Å²) in [7, 11) is 4.33. The van der Waals surface area contributed by atoms with Crippen LogP contribution in [0.3, 0.4) is 0 Å². The zero-order valence-corrected chi connectivity index (χ0v) is 11.0. The van der Waals surface area contributed by atoms with Crippen LogP contribution in [0.5, 0.6) is 0 Å². The predicted octanol–water partition coefficient (Wildman–Crippen LogP) is 3.24. The van der Waals surface area contributed by atoms with Crippen LogP contribution in [0.4, 0.5) is 0 Å². The van der Waals surface area contributed by atoms with Crippen molar-refractivity contribution in [2.75, 3.05) is 14.1 Å². The largest absolute Gasteiger partial charge is 0.357 e. The van der Waals surface area contributed by atoms with Crippen molar-refractivity contribution in [2.24, 2.45) is 0 Å². The second kappa shape index (κ2) is 4.04. The molecule has 1 aliphatic rings. The Morgan fingerprint density at radius 3 is 2.94 bits per heavy atom. The third-order valence-corrected chi connectivity index (χ3v) is 4.19. The van der Waals surface area contributed by atoms with Crippen LogP contribution in [0.2, 0.25) is 5.02 Å². The number of nitrogens with one attached hydrogen (secondary N) is 1. The molecule has 1 atom stereocenters. The van der Waals surface area contributed by atoms with Crippen LogP contribution in [0.25, 0.3) is 10.9 Å². The lowest BCUT2D eigenvalue weighted by molar-refractivity contribution is 0.268. The van der Waals surface area contributed by atoms with Gasteiger partial charge in [-0.25, -0.2) is 0 Å². The standard InChI is InChI=1S/C14H17ClN2/c1-17(2)9-6-7-13-11(8-9)10-4-3-5-12(15)14(10)16-13/h3-5,9,16H,6-8H2,1-2H3/t9-/m1/s1. The Labute approximate surface area is 107 Å². The highest BCUT2D eigenvalue weighted by molar-refractivity contribution is 6.35. The Bertz CT molecular complexity index is 557. The van der Waals surface area contributed by atoms with Crippen molar-refractivity contribution < 1.29 is 0 Å². The summed E-state index contributed by atoms with van der Waals surface area (Å²) in [5.74, 6) is 0. The van der Waals surface area contributed by atoms with E-state index in [9.17, 15) is 0 Å². The maximum atomic E-state index is 6.23. The molecule has 90 valence electrons. The molecule has 3 rings (SSSR count). The van der Waals surface area contributed by atoms with Crippen LogP contribution in [0, 0.1) is 0 Å². The van der Waals surface area contributed by atoms with Crippen LogP contribution in [0.15, 0.2) is 18.2 Å². The Morgan fingerprint density at radius 1 is 1.35 bits per heavy atom. The zero-order valence-electron chi connectivity index (χ0n) is 10.3. The second-order valence-corrected chi connectivity index (χ2v) is 5.51. The summed E-state index contributed by atoms with van der Waals surface area (Å²) >= 11 is 6.23. The van der Waals surface area contributed by atoms with E-state index in [2.05, 4.69) is 30.0 Å². The van der Waals surface area contributed by atoms with E-state index in [1.165, 1.54) is 23.1 Å². The number of para-hydroxylation sites is 1. The van der Waals surface area contributed by atoms with Crippen LogP contribution in [-0.2, 0) is 12.8 Å². The maximum Gasteiger partial charge on any atom is 0.0648 e. The highest BCUT2D eigenvalue weighted by Gasteiger charge is 2.23. The van der Waals surface area contributed by atoms with Gasteiger partial charge in [-0.15, -0.1) is 0 Å². The van der Waals surface area contributed by atoms with Gasteiger partial charge in [0.25, 0.3) is 0 Å². The van der Waals surface area contributed by atoms with Gasteiger partial charge >= 0.3 is 0 Å². The number of benzene rings is 1. The van der Waals surface area contributed by atoms with Gasteiger partial charge in [0.05, 0.1) is 10.5 Å². The first-order valence-corrected chi connectivity index (χ1v) is 6.49. The van der Waals surface area contributed by atoms with Gasteiger partial charge in [0.15, 0.2) is 0 Å². The summed E-state index contributed by atoms with van der Waals surface area (Å²) in [5, 5.41) is 2.14. The number of aryl methyl sites for hydroxylation is 1. The summed E-state index contributed by atoms with van der Waals surface area (Å²) in [6.07, 6.45) is 3.48. The summed E-state index contributed by atoms with van der Waals surface area (Å²) in [6, 6.07) is 6.82. The average molecular weight is 249 g/mol. The van der Waals surface area contributed by atoms with Gasteiger partial charge in [-0.3, -0.25) is 0 Å². The summed E-state index contributed by atoms with van der Waals surface area (Å²) < 4.78 is 0. The molecule has 2 nitrogen and oxygen atoms in total. The first kappa shape index (κ1) is 11.1. The lowest BCUT2D eigenvalue weighted by Crippen LogP contribution is -2.33. The van der Waals surface area contributed by atoms with Crippen molar-refractivity contribution in [3.63, 3.8) is 0 Å². The van der Waals surface area contributed by atoms with E-state index >= 15 is 0 Å². The summed E-state index contributed by atoms with van der Waals surface area (Å²) in [4.78, 5) is 5.82. The molecule has 0 unspecified atom stereocenters. The third kappa shape index (κ3) is 1.76. The number of hydrogen-bond donors (Lipinski definition) is 1. The van der Waals surface area contributed by atoms with Crippen LogP contribution >= 0.6 is 11.6 Å². The fraction of sp³-hybridized carbons (Fsp3) is 0.429. The Morgan fingerprint density at radius 2 is 2.18 bits per heavy atom. The number of aromatic nitrogens is 1. The highest BCUT2D eigenvalue weighted by Crippen LogP contribution is 2.33. The number of nitrogens with zero attached hydrogens (tertiary/aromatic N) is 1. The third-order valence-electron chi connectivity index (χ3n) is 3.88. The Balaban J connectivity index is 2.12. The number of halogens is 1. The Kier molecular flexibility index (Phi) is 2.64. The van der Waals surface area contributed by atoms with E-state index in [1.807, 2.05) is 12.1 Å². The van der Waals surface area contributed by atoms with Crippen molar-refractivity contribution in [1.29, 1.82) is 0 Å². The van der Waals surface area contributed by atoms with Crippen molar-refractivity contribution >= 4 is 22.5 Å². The molecular formula is C14H17ClN2. The highest BCUT2D eigenvalue weighted by atomic mass is 35.5. The molecule has 1 heterocycles. The topological polar surface area (TPSA) is 19.0 Å². The van der Waals surface area contributed by atoms with E-state index in [0.29, 0.717) is 6.04 Å². The zero-order chi connectivity index (χ0) is 12.0. The molecule has 1 aliphatic carbocycles. The molecule has 0 fully saturated rings. The lowest BCUT2D eigenvalue weighted by Gasteiger charge is -2.28. The van der Waals surface area contributed by atoms with E-state index in [-0.39, 0.29) is 0 Å². The van der Waals surface area contributed by atoms with E-state index in [1.54, 1.807) is 0 Å². The first-order valence-electron chi connectivity index (χ1n) is 6.11. The number of H-pyrrole nitrogens is 1. The average Bonchev–Trinajstić information content (AvgIpc) is 2.68. The van der Waals surface area contributed by atoms with E-state index < -0.39 is 0 Å². The molecule has 0 aliphatic heterocycles. The molecule has 1 aromatic heterocycles. The minimum atomic E-state index is 0.653. The van der Waals surface area contributed by atoms with Gasteiger partial charge in [0.1, 0.15) is 0 Å². The SMILES string of the molecule is CN(C)[C@@H]1CCc2[nH]c3c(Cl)cccc3c2C1. The molecule has 3 heteroatoms. The molecule has 0 amide bonds. The number of fused-ring (bicyclic) bond motifs is 3. The molecule has 17 heavy (non-hydrogen) atoms. The first-order chi connectivity index (χ1) is 8.16. The minimum Gasteiger partial charge on any atom is -0.357 e. The number of likely N-dealkylation sites (N-methyl/N-ethyl adjacent to an activating group) is 1. The van der Waals surface area contributed by atoms with Crippen molar-refractivity contribution in [3.05, 3.63) is 34.5 Å². The van der Waals surface area contributed by atoms with Crippen LogP contribution in [-0.4, -0.2) is 30.0 Å². The maximum absolute atomic E-state index is 6.23. The van der Waals surface area contributed by atoms with Gasteiger partial charge in [-0.05, 0) is 45.0 Å². The molecule has 0 bridgehead atoms. The van der Waals surface area contributed by atoms with E-state index in [0.717, 1.165) is 23.4 Å². The monoisotopic (exact) mass is 248 g/mol. The molecule has 0 spiro atoms. The van der Waals surface area contributed by atoms with Gasteiger partial charge in [0.2, 0.25) is 0 Å². The fourth-order valence-electron chi connectivity index (χ4n) is 2.83. The quantitative estimate of drug-likeness (QED) is 0.821. The minimum absolute atomic E-state index is 0.653. The number of aromatic amines is 1. The van der Waals surface area contributed by atoms with Gasteiger partial charge in [-0.2, -0.15) is 0 Å². The molecular weight excluding hydrogens is 232 g/mol. The smallest absolute Gasteiger partial charge is 0.0648 e. The second-order valence-electron chi connectivity index (χ2n) is 5.10. The predicted molar refractivity (Wildman–Crippen MR) is 72.8 cm³/mol. The number of rotatable bonds is 1. The molecule has 2 aromatic rings. The van der Waals surface area contributed by atoms with Gasteiger partial charge in [0, 0.05) is 17.1 Å². The Hall–Kier alpha value is -0.990. The normalized spacial score (nSPS) is 19.9. The summed E-state index contributed by atoms with van der Waals surface area (Å²) in [5.41, 5.74) is 3.96. The van der Waals surface area contributed by atoms with Crippen LogP contribution in [0.1, 0.15) is 17.7 Å². The fourth-order valence-corrected chi connectivity index (χ4v) is 3.05. The van der Waals surface area contributed by atoms with Gasteiger partial charge in [-0.1, -0.05) is 23.7 Å². The van der Waals surface area contributed by atoms with Gasteiger partial charge < -0.3 is 9.88 Å². The van der Waals surface area contributed by atoms with Crippen molar-refractivity contribution in [3.8, 4) is 0 Å². The number of hydrogen-bond acceptors (Lipinski definition) is 1. The van der Waals surface area contributed by atoms with Crippen molar-refractivity contribution in [1.82, 2.24) is 9.88 Å². The molecule has 0 saturated heterocycles. The molecule has 0 radical (unpaired) electrons. The lowest BCUT2D eigenvalue weighted by atomic mass is 9.91. The van der Waals surface area contributed by atoms with Crippen molar-refractivity contribution in [2.45, 2.75) is 25.3 Å². The summed E-state index contributed by atoms with van der Waals surface area (Å²) in [6.45, 7) is 0. The van der Waals surface area contributed by atoms with E-state index in [4.69, 9.17) is 11.6 Å². The van der Waals surface area contributed by atoms with Crippen LogP contribution < -0.4 is 0 Å². The molecule has 0 saturated carbocycles.